The van der Waals surface area contributed by atoms with Gasteiger partial charge in [-0.15, -0.1) is 0 Å². The summed E-state index contributed by atoms with van der Waals surface area (Å²) in [6, 6.07) is 4.95. The summed E-state index contributed by atoms with van der Waals surface area (Å²) in [7, 11) is 0. The molecule has 1 aliphatic heterocycles. The molecule has 1 aliphatic rings. The number of carbonyl (C=O) groups excluding carboxylic acids is 2. The van der Waals surface area contributed by atoms with Gasteiger partial charge in [0.2, 0.25) is 5.91 Å². The van der Waals surface area contributed by atoms with Crippen LogP contribution in [-0.4, -0.2) is 47.5 Å². The fourth-order valence-corrected chi connectivity index (χ4v) is 3.14. The van der Waals surface area contributed by atoms with E-state index in [2.05, 4.69) is 10.6 Å². The Kier molecular flexibility index (Phi) is 6.38. The number of nitrogens with zero attached hydrogens (tertiary/aromatic N) is 1. The van der Waals surface area contributed by atoms with Crippen molar-refractivity contribution < 1.29 is 19.5 Å². The molecular weight excluding hydrogens is 350 g/mol. The number of rotatable bonds is 7. The summed E-state index contributed by atoms with van der Waals surface area (Å²) >= 11 is 0. The lowest BCUT2D eigenvalue weighted by molar-refractivity contribution is -0.142. The molecule has 1 saturated heterocycles. The molecule has 1 aromatic rings. The molecule has 0 spiro atoms. The SMILES string of the molecule is CCC(C(=O)O)C(C)NC(=O)N[C@@H]1CCN(c2ccc(C(=N)N)cc2)C1=O. The van der Waals surface area contributed by atoms with Crippen LogP contribution in [0.4, 0.5) is 10.5 Å². The molecule has 2 unspecified atom stereocenters. The Balaban J connectivity index is 1.95. The maximum absolute atomic E-state index is 12.6. The third-order valence-electron chi connectivity index (χ3n) is 4.72. The summed E-state index contributed by atoms with van der Waals surface area (Å²) < 4.78 is 0. The highest BCUT2D eigenvalue weighted by Gasteiger charge is 2.34. The van der Waals surface area contributed by atoms with Crippen LogP contribution in [0.15, 0.2) is 24.3 Å². The predicted octanol–water partition coefficient (Wildman–Crippen LogP) is 0.874. The van der Waals surface area contributed by atoms with Gasteiger partial charge in [-0.25, -0.2) is 4.79 Å². The van der Waals surface area contributed by atoms with E-state index in [1.54, 1.807) is 43.0 Å². The minimum atomic E-state index is -0.970. The molecule has 0 bridgehead atoms. The van der Waals surface area contributed by atoms with Gasteiger partial charge >= 0.3 is 12.0 Å². The van der Waals surface area contributed by atoms with Crippen molar-refractivity contribution in [1.29, 1.82) is 5.41 Å². The van der Waals surface area contributed by atoms with Crippen molar-refractivity contribution in [3.63, 3.8) is 0 Å². The van der Waals surface area contributed by atoms with Gasteiger partial charge in [0.05, 0.1) is 5.92 Å². The van der Waals surface area contributed by atoms with Crippen molar-refractivity contribution >= 4 is 29.4 Å². The molecule has 3 amide bonds. The summed E-state index contributed by atoms with van der Waals surface area (Å²) in [5.41, 5.74) is 6.66. The second-order valence-electron chi connectivity index (χ2n) is 6.55. The fourth-order valence-electron chi connectivity index (χ4n) is 3.14. The van der Waals surface area contributed by atoms with Gasteiger partial charge in [-0.2, -0.15) is 0 Å². The Morgan fingerprint density at radius 3 is 2.52 bits per heavy atom. The molecule has 27 heavy (non-hydrogen) atoms. The lowest BCUT2D eigenvalue weighted by atomic mass is 9.99. The van der Waals surface area contributed by atoms with Gasteiger partial charge in [0, 0.05) is 23.8 Å². The standard InChI is InChI=1S/C18H25N5O4/c1-3-13(17(25)26)10(2)21-18(27)22-14-8-9-23(16(14)24)12-6-4-11(5-7-12)15(19)20/h4-7,10,13-14H,3,8-9H2,1-2H3,(H3,19,20)(H,25,26)(H2,21,22,27)/t10?,13?,14-/m1/s1. The fraction of sp³-hybridized carbons (Fsp3) is 0.444. The van der Waals surface area contributed by atoms with E-state index in [1.807, 2.05) is 0 Å². The van der Waals surface area contributed by atoms with Gasteiger partial charge in [0.25, 0.3) is 0 Å². The first-order valence-electron chi connectivity index (χ1n) is 8.80. The number of anilines is 1. The minimum Gasteiger partial charge on any atom is -0.481 e. The number of carboxylic acids is 1. The van der Waals surface area contributed by atoms with Gasteiger partial charge < -0.3 is 26.4 Å². The average molecular weight is 375 g/mol. The first-order chi connectivity index (χ1) is 12.7. The van der Waals surface area contributed by atoms with E-state index in [0.29, 0.717) is 30.6 Å². The van der Waals surface area contributed by atoms with Gasteiger partial charge in [-0.05, 0) is 44.0 Å². The van der Waals surface area contributed by atoms with E-state index in [1.165, 1.54) is 0 Å². The number of amides is 3. The number of nitrogens with one attached hydrogen (secondary N) is 3. The van der Waals surface area contributed by atoms with Crippen LogP contribution in [0.25, 0.3) is 0 Å². The molecule has 1 heterocycles. The first kappa shape index (κ1) is 20.2. The van der Waals surface area contributed by atoms with Gasteiger partial charge in [0.15, 0.2) is 0 Å². The summed E-state index contributed by atoms with van der Waals surface area (Å²) in [5.74, 6) is -1.95. The van der Waals surface area contributed by atoms with Crippen molar-refractivity contribution in [1.82, 2.24) is 10.6 Å². The normalized spacial score (nSPS) is 18.7. The number of carbonyl (C=O) groups is 3. The molecule has 146 valence electrons. The van der Waals surface area contributed by atoms with E-state index < -0.39 is 30.0 Å². The smallest absolute Gasteiger partial charge is 0.315 e. The Bertz CT molecular complexity index is 734. The zero-order valence-corrected chi connectivity index (χ0v) is 15.4. The van der Waals surface area contributed by atoms with E-state index in [4.69, 9.17) is 16.2 Å². The lowest BCUT2D eigenvalue weighted by Gasteiger charge is -2.22. The van der Waals surface area contributed by atoms with E-state index >= 15 is 0 Å². The van der Waals surface area contributed by atoms with Crippen LogP contribution >= 0.6 is 0 Å². The Hall–Kier alpha value is -3.10. The molecule has 1 fully saturated rings. The van der Waals surface area contributed by atoms with Gasteiger partial charge in [-0.1, -0.05) is 6.92 Å². The second-order valence-corrected chi connectivity index (χ2v) is 6.55. The third kappa shape index (κ3) is 4.75. The maximum Gasteiger partial charge on any atom is 0.315 e. The molecule has 9 heteroatoms. The highest BCUT2D eigenvalue weighted by Crippen LogP contribution is 2.22. The number of aliphatic carboxylic acids is 1. The van der Waals surface area contributed by atoms with Crippen LogP contribution in [0.2, 0.25) is 0 Å². The Morgan fingerprint density at radius 2 is 2.00 bits per heavy atom. The Morgan fingerprint density at radius 1 is 1.37 bits per heavy atom. The van der Waals surface area contributed by atoms with Crippen LogP contribution in [-0.2, 0) is 9.59 Å². The second kappa shape index (κ2) is 8.52. The third-order valence-corrected chi connectivity index (χ3v) is 4.72. The first-order valence-corrected chi connectivity index (χ1v) is 8.80. The monoisotopic (exact) mass is 375 g/mol. The van der Waals surface area contributed by atoms with E-state index in [9.17, 15) is 14.4 Å². The van der Waals surface area contributed by atoms with Crippen LogP contribution in [0.5, 0.6) is 0 Å². The van der Waals surface area contributed by atoms with Crippen LogP contribution in [0, 0.1) is 11.3 Å². The largest absolute Gasteiger partial charge is 0.481 e. The number of hydrogen-bond donors (Lipinski definition) is 5. The van der Waals surface area contributed by atoms with Gasteiger partial charge in [-0.3, -0.25) is 15.0 Å². The molecular formula is C18H25N5O4. The summed E-state index contributed by atoms with van der Waals surface area (Å²) in [5, 5.41) is 21.8. The van der Waals surface area contributed by atoms with Crippen molar-refractivity contribution in [2.75, 3.05) is 11.4 Å². The number of hydrogen-bond acceptors (Lipinski definition) is 4. The number of carboxylic acid groups (broad SMARTS) is 1. The van der Waals surface area contributed by atoms with Crippen molar-refractivity contribution in [3.05, 3.63) is 29.8 Å². The van der Waals surface area contributed by atoms with Crippen LogP contribution in [0.3, 0.4) is 0 Å². The Labute approximate surface area is 157 Å². The zero-order chi connectivity index (χ0) is 20.1. The average Bonchev–Trinajstić information content (AvgIpc) is 2.95. The molecule has 0 aliphatic carbocycles. The minimum absolute atomic E-state index is 0.0497. The quantitative estimate of drug-likeness (QED) is 0.354. The number of nitrogen functional groups attached to an aromatic ring is 1. The molecule has 0 aromatic heterocycles. The van der Waals surface area contributed by atoms with E-state index in [0.717, 1.165) is 0 Å². The number of benzene rings is 1. The van der Waals surface area contributed by atoms with Crippen molar-refractivity contribution in [3.8, 4) is 0 Å². The van der Waals surface area contributed by atoms with Gasteiger partial charge in [0.1, 0.15) is 11.9 Å². The highest BCUT2D eigenvalue weighted by molar-refractivity contribution is 6.02. The molecule has 0 saturated carbocycles. The number of urea groups is 1. The maximum atomic E-state index is 12.6. The topological polar surface area (TPSA) is 149 Å². The molecule has 9 nitrogen and oxygen atoms in total. The van der Waals surface area contributed by atoms with Crippen LogP contribution < -0.4 is 21.3 Å². The molecule has 1 aromatic carbocycles. The summed E-state index contributed by atoms with van der Waals surface area (Å²) in [6.45, 7) is 3.82. The lowest BCUT2D eigenvalue weighted by Crippen LogP contribution is -2.50. The highest BCUT2D eigenvalue weighted by atomic mass is 16.4. The molecule has 2 rings (SSSR count). The van der Waals surface area contributed by atoms with Crippen LogP contribution in [0.1, 0.15) is 32.3 Å². The summed E-state index contributed by atoms with van der Waals surface area (Å²) in [6.07, 6.45) is 0.842. The number of amidine groups is 1. The summed E-state index contributed by atoms with van der Waals surface area (Å²) in [4.78, 5) is 37.4. The number of nitrogens with two attached hydrogens (primary N) is 1. The predicted molar refractivity (Wildman–Crippen MR) is 101 cm³/mol. The molecule has 6 N–H and O–H groups in total. The molecule has 0 radical (unpaired) electrons. The zero-order valence-electron chi connectivity index (χ0n) is 15.4. The van der Waals surface area contributed by atoms with E-state index in [-0.39, 0.29) is 11.7 Å². The van der Waals surface area contributed by atoms with Crippen molar-refractivity contribution in [2.24, 2.45) is 11.7 Å². The van der Waals surface area contributed by atoms with Crippen molar-refractivity contribution in [2.45, 2.75) is 38.8 Å². The molecule has 3 atom stereocenters.